The molecule has 1 aliphatic heterocycles. The number of amides is 1. The molecule has 0 unspecified atom stereocenters. The highest BCUT2D eigenvalue weighted by Gasteiger charge is 2.28. The highest BCUT2D eigenvalue weighted by atomic mass is 32.2. The molecule has 4 rings (SSSR count). The summed E-state index contributed by atoms with van der Waals surface area (Å²) < 4.78 is 39.6. The molecule has 0 saturated carbocycles. The van der Waals surface area contributed by atoms with Crippen LogP contribution in [0.25, 0.3) is 0 Å². The van der Waals surface area contributed by atoms with E-state index in [1.807, 2.05) is 48.5 Å². The largest absolute Gasteiger partial charge is 0.492 e. The van der Waals surface area contributed by atoms with Crippen LogP contribution in [0.2, 0.25) is 0 Å². The van der Waals surface area contributed by atoms with Crippen LogP contribution >= 0.6 is 0 Å². The molecule has 1 aliphatic rings. The fourth-order valence-electron chi connectivity index (χ4n) is 3.64. The SMILES string of the molecule is CC(=O)Nc1ccc(S(=O)(=O)N2CCOc3ccc(COCc4ccccc4)cc3C2)cc1. The quantitative estimate of drug-likeness (QED) is 0.570. The van der Waals surface area contributed by atoms with Crippen LogP contribution in [0.4, 0.5) is 5.69 Å². The molecule has 0 saturated heterocycles. The van der Waals surface area contributed by atoms with Crippen molar-refractivity contribution in [2.75, 3.05) is 18.5 Å². The van der Waals surface area contributed by atoms with Gasteiger partial charge in [-0.05, 0) is 47.5 Å². The van der Waals surface area contributed by atoms with Crippen LogP contribution in [-0.4, -0.2) is 31.8 Å². The maximum atomic E-state index is 13.3. The lowest BCUT2D eigenvalue weighted by Crippen LogP contribution is -2.32. The number of rotatable bonds is 7. The third-order valence-electron chi connectivity index (χ3n) is 5.26. The Morgan fingerprint density at radius 2 is 1.73 bits per heavy atom. The first kappa shape index (κ1) is 23.0. The van der Waals surface area contributed by atoms with E-state index in [-0.39, 0.29) is 30.5 Å². The highest BCUT2D eigenvalue weighted by Crippen LogP contribution is 2.28. The smallest absolute Gasteiger partial charge is 0.243 e. The molecule has 0 bridgehead atoms. The summed E-state index contributed by atoms with van der Waals surface area (Å²) in [6, 6.07) is 21.8. The summed E-state index contributed by atoms with van der Waals surface area (Å²) in [5, 5.41) is 2.64. The molecule has 0 aliphatic carbocycles. The van der Waals surface area contributed by atoms with Crippen molar-refractivity contribution in [2.45, 2.75) is 31.6 Å². The normalized spacial score (nSPS) is 14.1. The van der Waals surface area contributed by atoms with E-state index in [1.165, 1.54) is 23.4 Å². The van der Waals surface area contributed by atoms with Gasteiger partial charge < -0.3 is 14.8 Å². The average Bonchev–Trinajstić information content (AvgIpc) is 3.02. The predicted octanol–water partition coefficient (Wildman–Crippen LogP) is 3.95. The maximum Gasteiger partial charge on any atom is 0.243 e. The van der Waals surface area contributed by atoms with Crippen LogP contribution in [0.1, 0.15) is 23.6 Å². The van der Waals surface area contributed by atoms with Crippen LogP contribution in [0.15, 0.2) is 77.7 Å². The van der Waals surface area contributed by atoms with Gasteiger partial charge in [0.1, 0.15) is 12.4 Å². The summed E-state index contributed by atoms with van der Waals surface area (Å²) in [6.45, 7) is 3.03. The second kappa shape index (κ2) is 10.2. The number of sulfonamides is 1. The minimum Gasteiger partial charge on any atom is -0.492 e. The molecule has 0 fully saturated rings. The molecule has 172 valence electrons. The zero-order valence-electron chi connectivity index (χ0n) is 18.4. The molecule has 0 spiro atoms. The van der Waals surface area contributed by atoms with Crippen molar-refractivity contribution in [1.29, 1.82) is 0 Å². The van der Waals surface area contributed by atoms with E-state index in [4.69, 9.17) is 9.47 Å². The van der Waals surface area contributed by atoms with E-state index in [2.05, 4.69) is 5.32 Å². The Balaban J connectivity index is 1.47. The molecule has 7 nitrogen and oxygen atoms in total. The number of hydrogen-bond donors (Lipinski definition) is 1. The molecule has 0 aromatic heterocycles. The van der Waals surface area contributed by atoms with E-state index >= 15 is 0 Å². The van der Waals surface area contributed by atoms with E-state index in [0.29, 0.717) is 24.7 Å². The molecule has 0 radical (unpaired) electrons. The van der Waals surface area contributed by atoms with Crippen LogP contribution in [-0.2, 0) is 39.3 Å². The highest BCUT2D eigenvalue weighted by molar-refractivity contribution is 7.89. The Morgan fingerprint density at radius 1 is 1.00 bits per heavy atom. The van der Waals surface area contributed by atoms with Gasteiger partial charge in [0.2, 0.25) is 15.9 Å². The van der Waals surface area contributed by atoms with Gasteiger partial charge in [-0.2, -0.15) is 4.31 Å². The summed E-state index contributed by atoms with van der Waals surface area (Å²) in [7, 11) is -3.73. The molecule has 3 aromatic rings. The van der Waals surface area contributed by atoms with E-state index < -0.39 is 10.0 Å². The first-order valence-electron chi connectivity index (χ1n) is 10.7. The van der Waals surface area contributed by atoms with Crippen molar-refractivity contribution in [3.8, 4) is 5.75 Å². The Morgan fingerprint density at radius 3 is 2.45 bits per heavy atom. The summed E-state index contributed by atoms with van der Waals surface area (Å²) in [6.07, 6.45) is 0. The summed E-state index contributed by atoms with van der Waals surface area (Å²) in [5.41, 5.74) is 3.39. The molecular weight excluding hydrogens is 440 g/mol. The molecule has 33 heavy (non-hydrogen) atoms. The van der Waals surface area contributed by atoms with Gasteiger partial charge in [-0.15, -0.1) is 0 Å². The van der Waals surface area contributed by atoms with Crippen LogP contribution in [0, 0.1) is 0 Å². The number of anilines is 1. The van der Waals surface area contributed by atoms with Gasteiger partial charge in [0.05, 0.1) is 18.1 Å². The molecular formula is C25H26N2O5S. The zero-order chi connectivity index (χ0) is 23.3. The maximum absolute atomic E-state index is 13.3. The van der Waals surface area contributed by atoms with Crippen LogP contribution in [0.3, 0.4) is 0 Å². The van der Waals surface area contributed by atoms with Crippen LogP contribution < -0.4 is 10.1 Å². The van der Waals surface area contributed by atoms with Crippen molar-refractivity contribution in [3.05, 3.63) is 89.5 Å². The Hall–Kier alpha value is -3.20. The Labute approximate surface area is 194 Å². The molecule has 1 heterocycles. The summed E-state index contributed by atoms with van der Waals surface area (Å²) in [4.78, 5) is 11.4. The lowest BCUT2D eigenvalue weighted by molar-refractivity contribution is -0.114. The van der Waals surface area contributed by atoms with Gasteiger partial charge in [-0.25, -0.2) is 8.42 Å². The molecule has 0 atom stereocenters. The summed E-state index contributed by atoms with van der Waals surface area (Å²) in [5.74, 6) is 0.468. The summed E-state index contributed by atoms with van der Waals surface area (Å²) >= 11 is 0. The van der Waals surface area contributed by atoms with Gasteiger partial charge in [0.15, 0.2) is 0 Å². The lowest BCUT2D eigenvalue weighted by Gasteiger charge is -2.20. The number of fused-ring (bicyclic) bond motifs is 1. The van der Waals surface area contributed by atoms with Crippen molar-refractivity contribution in [2.24, 2.45) is 0 Å². The van der Waals surface area contributed by atoms with Crippen molar-refractivity contribution in [1.82, 2.24) is 4.31 Å². The molecule has 8 heteroatoms. The Kier molecular flexibility index (Phi) is 7.08. The number of hydrogen-bond acceptors (Lipinski definition) is 5. The van der Waals surface area contributed by atoms with Crippen molar-refractivity contribution >= 4 is 21.6 Å². The third-order valence-corrected chi connectivity index (χ3v) is 7.12. The number of ether oxygens (including phenoxy) is 2. The van der Waals surface area contributed by atoms with Gasteiger partial charge in [0, 0.05) is 31.3 Å². The standard InChI is InChI=1S/C25H26N2O5S/c1-19(28)26-23-8-10-24(11-9-23)33(29,30)27-13-14-32-25-12-7-21(15-22(25)16-27)18-31-17-20-5-3-2-4-6-20/h2-12,15H,13-14,16-18H2,1H3,(H,26,28). The minimum atomic E-state index is -3.73. The topological polar surface area (TPSA) is 84.9 Å². The van der Waals surface area contributed by atoms with Gasteiger partial charge in [-0.1, -0.05) is 36.4 Å². The van der Waals surface area contributed by atoms with E-state index in [0.717, 1.165) is 16.7 Å². The van der Waals surface area contributed by atoms with E-state index in [9.17, 15) is 13.2 Å². The first-order chi connectivity index (χ1) is 15.9. The zero-order valence-corrected chi connectivity index (χ0v) is 19.2. The number of carbonyl (C=O) groups excluding carboxylic acids is 1. The molecule has 3 aromatic carbocycles. The number of nitrogens with zero attached hydrogens (tertiary/aromatic N) is 1. The second-order valence-electron chi connectivity index (χ2n) is 7.81. The number of benzene rings is 3. The van der Waals surface area contributed by atoms with Gasteiger partial charge in [0.25, 0.3) is 0 Å². The predicted molar refractivity (Wildman–Crippen MR) is 125 cm³/mol. The van der Waals surface area contributed by atoms with Crippen molar-refractivity contribution in [3.63, 3.8) is 0 Å². The number of nitrogens with one attached hydrogen (secondary N) is 1. The monoisotopic (exact) mass is 466 g/mol. The molecule has 1 N–H and O–H groups in total. The van der Waals surface area contributed by atoms with E-state index in [1.54, 1.807) is 12.1 Å². The van der Waals surface area contributed by atoms with Gasteiger partial charge in [-0.3, -0.25) is 4.79 Å². The first-order valence-corrected chi connectivity index (χ1v) is 12.1. The minimum absolute atomic E-state index is 0.169. The third kappa shape index (κ3) is 5.78. The van der Waals surface area contributed by atoms with Gasteiger partial charge >= 0.3 is 0 Å². The fraction of sp³-hybridized carbons (Fsp3) is 0.240. The molecule has 1 amide bonds. The number of carbonyl (C=O) groups is 1. The fourth-order valence-corrected chi connectivity index (χ4v) is 5.04. The average molecular weight is 467 g/mol. The van der Waals surface area contributed by atoms with Crippen molar-refractivity contribution < 1.29 is 22.7 Å². The second-order valence-corrected chi connectivity index (χ2v) is 9.75. The van der Waals surface area contributed by atoms with Crippen LogP contribution in [0.5, 0.6) is 5.75 Å². The lowest BCUT2D eigenvalue weighted by atomic mass is 10.1. The Bertz CT molecular complexity index is 1210.